The van der Waals surface area contributed by atoms with Gasteiger partial charge in [0.15, 0.2) is 5.13 Å². The molecule has 0 unspecified atom stereocenters. The summed E-state index contributed by atoms with van der Waals surface area (Å²) < 4.78 is 0. The van der Waals surface area contributed by atoms with Crippen molar-refractivity contribution in [3.05, 3.63) is 11.1 Å². The predicted molar refractivity (Wildman–Crippen MR) is 54.7 cm³/mol. The molecule has 2 N–H and O–H groups in total. The van der Waals surface area contributed by atoms with Crippen LogP contribution in [0.25, 0.3) is 0 Å². The highest BCUT2D eigenvalue weighted by molar-refractivity contribution is 7.13. The van der Waals surface area contributed by atoms with Gasteiger partial charge in [0.25, 0.3) is 0 Å². The van der Waals surface area contributed by atoms with E-state index in [2.05, 4.69) is 10.4 Å². The highest BCUT2D eigenvalue weighted by Gasteiger charge is 2.40. The van der Waals surface area contributed by atoms with Crippen LogP contribution in [0.3, 0.4) is 0 Å². The number of nitrogens with zero attached hydrogens (tertiary/aromatic N) is 1. The molecule has 13 heavy (non-hydrogen) atoms. The van der Waals surface area contributed by atoms with Crippen molar-refractivity contribution in [1.82, 2.24) is 4.98 Å². The number of anilines is 1. The van der Waals surface area contributed by atoms with Crippen LogP contribution in [-0.2, 0) is 0 Å². The number of fused-ring (bicyclic) bond motifs is 2. The van der Waals surface area contributed by atoms with Gasteiger partial charge in [0.1, 0.15) is 0 Å². The lowest BCUT2D eigenvalue weighted by Gasteiger charge is -2.19. The maximum atomic E-state index is 5.65. The molecule has 3 heteroatoms. The molecule has 70 valence electrons. The molecule has 3 atom stereocenters. The van der Waals surface area contributed by atoms with Gasteiger partial charge < -0.3 is 5.73 Å². The number of rotatable bonds is 1. The van der Waals surface area contributed by atoms with Crippen LogP contribution in [0.5, 0.6) is 0 Å². The Balaban J connectivity index is 1.87. The van der Waals surface area contributed by atoms with Crippen molar-refractivity contribution in [2.45, 2.75) is 31.6 Å². The summed E-state index contributed by atoms with van der Waals surface area (Å²) >= 11 is 1.59. The Labute approximate surface area is 82.2 Å². The molecule has 1 aromatic heterocycles. The smallest absolute Gasteiger partial charge is 0.180 e. The van der Waals surface area contributed by atoms with Gasteiger partial charge in [0.05, 0.1) is 5.69 Å². The molecule has 0 aromatic carbocycles. The van der Waals surface area contributed by atoms with E-state index >= 15 is 0 Å². The van der Waals surface area contributed by atoms with Crippen molar-refractivity contribution < 1.29 is 0 Å². The van der Waals surface area contributed by atoms with Gasteiger partial charge in [-0.05, 0) is 31.1 Å². The average molecular weight is 194 g/mol. The first-order valence-electron chi connectivity index (χ1n) is 5.04. The number of thiazole rings is 1. The Morgan fingerprint density at radius 3 is 2.85 bits per heavy atom. The van der Waals surface area contributed by atoms with Crippen molar-refractivity contribution in [2.24, 2.45) is 11.8 Å². The lowest BCUT2D eigenvalue weighted by Crippen LogP contribution is -2.08. The Hall–Kier alpha value is -0.570. The third-order valence-electron chi connectivity index (χ3n) is 3.66. The van der Waals surface area contributed by atoms with Crippen LogP contribution in [0.1, 0.15) is 37.3 Å². The first kappa shape index (κ1) is 7.80. The molecule has 0 amide bonds. The maximum absolute atomic E-state index is 5.65. The van der Waals surface area contributed by atoms with Crippen molar-refractivity contribution in [1.29, 1.82) is 0 Å². The van der Waals surface area contributed by atoms with Crippen molar-refractivity contribution in [3.63, 3.8) is 0 Å². The van der Waals surface area contributed by atoms with Gasteiger partial charge in [-0.2, -0.15) is 0 Å². The summed E-state index contributed by atoms with van der Waals surface area (Å²) in [6.07, 6.45) is 5.70. The van der Waals surface area contributed by atoms with E-state index in [1.807, 2.05) is 0 Å². The van der Waals surface area contributed by atoms with E-state index in [4.69, 9.17) is 5.73 Å². The fraction of sp³-hybridized carbons (Fsp3) is 0.700. The van der Waals surface area contributed by atoms with E-state index in [1.165, 1.54) is 31.4 Å². The molecule has 2 aliphatic carbocycles. The molecule has 0 saturated heterocycles. The van der Waals surface area contributed by atoms with Gasteiger partial charge in [0, 0.05) is 11.3 Å². The molecular weight excluding hydrogens is 180 g/mol. The Morgan fingerprint density at radius 2 is 2.31 bits per heavy atom. The predicted octanol–water partition coefficient (Wildman–Crippen LogP) is 2.63. The summed E-state index contributed by atoms with van der Waals surface area (Å²) in [5.41, 5.74) is 6.92. The van der Waals surface area contributed by atoms with E-state index in [9.17, 15) is 0 Å². The number of aromatic nitrogens is 1. The van der Waals surface area contributed by atoms with Gasteiger partial charge in [-0.25, -0.2) is 4.98 Å². The van der Waals surface area contributed by atoms with Gasteiger partial charge in [0.2, 0.25) is 0 Å². The summed E-state index contributed by atoms with van der Waals surface area (Å²) in [5.74, 6) is 2.66. The molecule has 2 nitrogen and oxygen atoms in total. The molecule has 0 aliphatic heterocycles. The van der Waals surface area contributed by atoms with E-state index in [1.54, 1.807) is 11.3 Å². The standard InChI is InChI=1S/C10H14N2S/c11-10-12-9(5-13-10)8-4-6-1-2-7(8)3-6/h5-8H,1-4H2,(H2,11,12)/t6-,7-,8+/m1/s1. The van der Waals surface area contributed by atoms with Crippen molar-refractivity contribution in [2.75, 3.05) is 5.73 Å². The van der Waals surface area contributed by atoms with E-state index in [0.717, 1.165) is 22.9 Å². The van der Waals surface area contributed by atoms with Crippen LogP contribution < -0.4 is 5.73 Å². The maximum Gasteiger partial charge on any atom is 0.180 e. The minimum Gasteiger partial charge on any atom is -0.375 e. The molecule has 2 bridgehead atoms. The van der Waals surface area contributed by atoms with E-state index < -0.39 is 0 Å². The number of nitrogens with two attached hydrogens (primary N) is 1. The first-order chi connectivity index (χ1) is 6.33. The Bertz CT molecular complexity index is 320. The number of nitrogen functional groups attached to an aromatic ring is 1. The topological polar surface area (TPSA) is 38.9 Å². The molecule has 0 radical (unpaired) electrons. The third kappa shape index (κ3) is 1.17. The minimum atomic E-state index is 0.734. The zero-order valence-corrected chi connectivity index (χ0v) is 8.39. The summed E-state index contributed by atoms with van der Waals surface area (Å²) in [4.78, 5) is 4.41. The average Bonchev–Trinajstić information content (AvgIpc) is 2.77. The fourth-order valence-corrected chi connectivity index (χ4v) is 3.71. The van der Waals surface area contributed by atoms with Gasteiger partial charge in [-0.1, -0.05) is 6.42 Å². The first-order valence-corrected chi connectivity index (χ1v) is 5.92. The van der Waals surface area contributed by atoms with Crippen LogP contribution in [0.15, 0.2) is 5.38 Å². The van der Waals surface area contributed by atoms with Crippen LogP contribution in [0.2, 0.25) is 0 Å². The lowest BCUT2D eigenvalue weighted by atomic mass is 9.87. The van der Waals surface area contributed by atoms with Crippen molar-refractivity contribution >= 4 is 16.5 Å². The summed E-state index contributed by atoms with van der Waals surface area (Å²) in [6, 6.07) is 0. The second-order valence-electron chi connectivity index (χ2n) is 4.39. The third-order valence-corrected chi connectivity index (χ3v) is 4.35. The largest absolute Gasteiger partial charge is 0.375 e. The molecular formula is C10H14N2S. The lowest BCUT2D eigenvalue weighted by molar-refractivity contribution is 0.414. The molecule has 3 rings (SSSR count). The second-order valence-corrected chi connectivity index (χ2v) is 5.28. The minimum absolute atomic E-state index is 0.734. The summed E-state index contributed by atoms with van der Waals surface area (Å²) in [7, 11) is 0. The number of hydrogen-bond donors (Lipinski definition) is 1. The quantitative estimate of drug-likeness (QED) is 0.746. The van der Waals surface area contributed by atoms with Crippen LogP contribution in [-0.4, -0.2) is 4.98 Å². The van der Waals surface area contributed by atoms with Crippen LogP contribution in [0.4, 0.5) is 5.13 Å². The number of hydrogen-bond acceptors (Lipinski definition) is 3. The molecule has 1 aromatic rings. The van der Waals surface area contributed by atoms with Gasteiger partial charge in [-0.3, -0.25) is 0 Å². The zero-order valence-electron chi connectivity index (χ0n) is 7.57. The molecule has 0 spiro atoms. The normalized spacial score (nSPS) is 37.1. The van der Waals surface area contributed by atoms with E-state index in [0.29, 0.717) is 0 Å². The van der Waals surface area contributed by atoms with Gasteiger partial charge >= 0.3 is 0 Å². The second kappa shape index (κ2) is 2.71. The van der Waals surface area contributed by atoms with Crippen LogP contribution in [0, 0.1) is 11.8 Å². The SMILES string of the molecule is Nc1nc([C@H]2C[C@@H]3CC[C@@H]2C3)cs1. The van der Waals surface area contributed by atoms with E-state index in [-0.39, 0.29) is 0 Å². The Kier molecular flexibility index (Phi) is 1.62. The highest BCUT2D eigenvalue weighted by atomic mass is 32.1. The summed E-state index contributed by atoms with van der Waals surface area (Å²) in [6.45, 7) is 0. The van der Waals surface area contributed by atoms with Crippen LogP contribution >= 0.6 is 11.3 Å². The molecule has 1 heterocycles. The molecule has 2 saturated carbocycles. The highest BCUT2D eigenvalue weighted by Crippen LogP contribution is 2.52. The summed E-state index contributed by atoms with van der Waals surface area (Å²) in [5, 5.41) is 2.89. The van der Waals surface area contributed by atoms with Crippen molar-refractivity contribution in [3.8, 4) is 0 Å². The van der Waals surface area contributed by atoms with Gasteiger partial charge in [-0.15, -0.1) is 11.3 Å². The molecule has 2 aliphatic rings. The zero-order chi connectivity index (χ0) is 8.84. The Morgan fingerprint density at radius 1 is 1.38 bits per heavy atom. The fourth-order valence-electron chi connectivity index (χ4n) is 3.08. The molecule has 2 fully saturated rings. The monoisotopic (exact) mass is 194 g/mol.